The number of carboxylic acids is 1. The number of nitrogens with one attached hydrogen (secondary N) is 1. The molecule has 0 aliphatic rings. The van der Waals surface area contributed by atoms with E-state index in [2.05, 4.69) is 12.2 Å². The molecule has 2 N–H and O–H groups in total. The van der Waals surface area contributed by atoms with Crippen LogP contribution in [0.15, 0.2) is 0 Å². The molecule has 0 saturated carbocycles. The molecule has 0 fully saturated rings. The van der Waals surface area contributed by atoms with Crippen molar-refractivity contribution in [2.75, 3.05) is 6.54 Å². The molecule has 0 rings (SSSR count). The Labute approximate surface area is 110 Å². The first kappa shape index (κ1) is 16.5. The number of rotatable bonds is 10. The first-order valence-corrected chi connectivity index (χ1v) is 8.61. The van der Waals surface area contributed by atoms with Crippen molar-refractivity contribution in [2.24, 2.45) is 0 Å². The van der Waals surface area contributed by atoms with Crippen LogP contribution >= 0.6 is 0 Å². The summed E-state index contributed by atoms with van der Waals surface area (Å²) in [6, 6.07) is 0. The predicted octanol–water partition coefficient (Wildman–Crippen LogP) is 2.39. The number of carbonyl (C=O) groups excluding carboxylic acids is 1. The maximum absolute atomic E-state index is 11.4. The Balaban J connectivity index is 3.36. The third-order valence-corrected chi connectivity index (χ3v) is 4.88. The zero-order valence-electron chi connectivity index (χ0n) is 10.8. The van der Waals surface area contributed by atoms with Crippen molar-refractivity contribution < 1.29 is 14.7 Å². The van der Waals surface area contributed by atoms with Crippen molar-refractivity contribution >= 4 is 26.4 Å². The summed E-state index contributed by atoms with van der Waals surface area (Å²) in [5, 5.41) is 11.5. The topological polar surface area (TPSA) is 66.4 Å². The normalized spacial score (nSPS) is 12.8. The molecular formula is C12H24AsNO3. The molecule has 0 aliphatic heterocycles. The first-order valence-electron chi connectivity index (χ1n) is 6.35. The zero-order chi connectivity index (χ0) is 13.1. The molecule has 100 valence electrons. The second kappa shape index (κ2) is 10.6. The van der Waals surface area contributed by atoms with E-state index in [-0.39, 0.29) is 4.69 Å². The molecular weight excluding hydrogens is 281 g/mol. The number of carboxylic acid groups (broad SMARTS) is 1. The Morgan fingerprint density at radius 1 is 1.18 bits per heavy atom. The SMILES string of the molecule is CCCCCCCCNC(=O)[AsH]C(C)C(=O)O. The van der Waals surface area contributed by atoms with Gasteiger partial charge in [0, 0.05) is 0 Å². The van der Waals surface area contributed by atoms with Crippen LogP contribution in [-0.4, -0.2) is 38.1 Å². The molecule has 0 bridgehead atoms. The van der Waals surface area contributed by atoms with Crippen LogP contribution in [0.5, 0.6) is 0 Å². The molecule has 4 nitrogen and oxygen atoms in total. The van der Waals surface area contributed by atoms with E-state index in [1.165, 1.54) is 25.7 Å². The minimum atomic E-state index is -1.06. The van der Waals surface area contributed by atoms with E-state index >= 15 is 0 Å². The molecule has 0 spiro atoms. The van der Waals surface area contributed by atoms with Crippen molar-refractivity contribution in [2.45, 2.75) is 57.1 Å². The van der Waals surface area contributed by atoms with Gasteiger partial charge in [0.05, 0.1) is 0 Å². The Bertz CT molecular complexity index is 234. The molecule has 5 heteroatoms. The molecule has 1 amide bonds. The van der Waals surface area contributed by atoms with Gasteiger partial charge in [-0.3, -0.25) is 0 Å². The van der Waals surface area contributed by atoms with E-state index in [9.17, 15) is 9.59 Å². The van der Waals surface area contributed by atoms with Crippen molar-refractivity contribution in [3.8, 4) is 0 Å². The summed E-state index contributed by atoms with van der Waals surface area (Å²) in [5.74, 6) is -0.861. The van der Waals surface area contributed by atoms with Gasteiger partial charge < -0.3 is 0 Å². The molecule has 0 aromatic carbocycles. The van der Waals surface area contributed by atoms with Gasteiger partial charge in [-0.25, -0.2) is 0 Å². The average Bonchev–Trinajstić information content (AvgIpc) is 2.27. The monoisotopic (exact) mass is 305 g/mol. The van der Waals surface area contributed by atoms with Crippen molar-refractivity contribution in [1.29, 1.82) is 0 Å². The summed E-state index contributed by atoms with van der Waals surface area (Å²) in [6.07, 6.45) is 7.18. The van der Waals surface area contributed by atoms with Crippen LogP contribution in [0.4, 0.5) is 4.79 Å². The Hall–Kier alpha value is -0.502. The van der Waals surface area contributed by atoms with E-state index in [4.69, 9.17) is 5.11 Å². The third-order valence-electron chi connectivity index (χ3n) is 2.53. The summed E-state index contributed by atoms with van der Waals surface area (Å²) < 4.78 is -0.506. The molecule has 17 heavy (non-hydrogen) atoms. The molecule has 0 aromatic rings. The summed E-state index contributed by atoms with van der Waals surface area (Å²) in [6.45, 7) is 4.49. The van der Waals surface area contributed by atoms with E-state index in [1.54, 1.807) is 6.92 Å². The van der Waals surface area contributed by atoms with Crippen molar-refractivity contribution in [1.82, 2.24) is 5.32 Å². The standard InChI is InChI=1S/C12H24AsNO3/c1-3-4-5-6-7-8-9-14-12(17)13-10(2)11(15)16/h10,13H,3-9H2,1-2H3,(H,14,17)(H,15,16). The van der Waals surface area contributed by atoms with Gasteiger partial charge in [-0.2, -0.15) is 0 Å². The predicted molar refractivity (Wildman–Crippen MR) is 71.0 cm³/mol. The second-order valence-corrected chi connectivity index (χ2v) is 7.60. The Morgan fingerprint density at radius 2 is 1.76 bits per heavy atom. The number of hydrogen-bond acceptors (Lipinski definition) is 2. The molecule has 0 aliphatic carbocycles. The quantitative estimate of drug-likeness (QED) is 0.481. The molecule has 0 saturated heterocycles. The number of carbonyl (C=O) groups is 2. The van der Waals surface area contributed by atoms with Crippen LogP contribution in [0.3, 0.4) is 0 Å². The molecule has 0 radical (unpaired) electrons. The summed E-state index contributed by atoms with van der Waals surface area (Å²) >= 11 is -1.06. The van der Waals surface area contributed by atoms with Crippen LogP contribution in [0.1, 0.15) is 52.4 Å². The van der Waals surface area contributed by atoms with Gasteiger partial charge in [-0.1, -0.05) is 0 Å². The fourth-order valence-electron chi connectivity index (χ4n) is 1.42. The summed E-state index contributed by atoms with van der Waals surface area (Å²) in [4.78, 5) is 21.9. The average molecular weight is 305 g/mol. The second-order valence-electron chi connectivity index (χ2n) is 4.23. The van der Waals surface area contributed by atoms with Crippen LogP contribution in [0.25, 0.3) is 0 Å². The van der Waals surface area contributed by atoms with E-state index < -0.39 is 26.4 Å². The van der Waals surface area contributed by atoms with Crippen LogP contribution in [0, 0.1) is 0 Å². The third kappa shape index (κ3) is 10.4. The van der Waals surface area contributed by atoms with Crippen LogP contribution < -0.4 is 5.32 Å². The van der Waals surface area contributed by atoms with Crippen molar-refractivity contribution in [3.63, 3.8) is 0 Å². The number of unbranched alkanes of at least 4 members (excludes halogenated alkanes) is 5. The van der Waals surface area contributed by atoms with E-state index in [1.807, 2.05) is 0 Å². The molecule has 0 aromatic heterocycles. The van der Waals surface area contributed by atoms with Crippen LogP contribution in [0.2, 0.25) is 4.71 Å². The van der Waals surface area contributed by atoms with Gasteiger partial charge in [-0.05, 0) is 0 Å². The number of hydrogen-bond donors (Lipinski definition) is 2. The molecule has 2 unspecified atom stereocenters. The van der Waals surface area contributed by atoms with Crippen molar-refractivity contribution in [3.05, 3.63) is 0 Å². The van der Waals surface area contributed by atoms with Gasteiger partial charge in [0.2, 0.25) is 0 Å². The fourth-order valence-corrected chi connectivity index (χ4v) is 2.98. The van der Waals surface area contributed by atoms with Gasteiger partial charge in [0.25, 0.3) is 0 Å². The maximum atomic E-state index is 11.4. The summed E-state index contributed by atoms with van der Waals surface area (Å²) in [5.41, 5.74) is 0. The van der Waals surface area contributed by atoms with Gasteiger partial charge in [-0.15, -0.1) is 0 Å². The number of aliphatic carboxylic acids is 1. The minimum absolute atomic E-state index is 0.0338. The molecule has 0 heterocycles. The Kier molecular flexibility index (Phi) is 10.3. The first-order chi connectivity index (χ1) is 8.07. The zero-order valence-corrected chi connectivity index (χ0v) is 12.9. The fraction of sp³-hybridized carbons (Fsp3) is 0.833. The van der Waals surface area contributed by atoms with Gasteiger partial charge in [0.1, 0.15) is 0 Å². The number of amides is 1. The van der Waals surface area contributed by atoms with E-state index in [0.717, 1.165) is 12.8 Å². The van der Waals surface area contributed by atoms with Gasteiger partial charge >= 0.3 is 110 Å². The van der Waals surface area contributed by atoms with Gasteiger partial charge in [0.15, 0.2) is 0 Å². The summed E-state index contributed by atoms with van der Waals surface area (Å²) in [7, 11) is 0. The van der Waals surface area contributed by atoms with Crippen LogP contribution in [-0.2, 0) is 4.79 Å². The van der Waals surface area contributed by atoms with E-state index in [0.29, 0.717) is 6.54 Å². The Morgan fingerprint density at radius 3 is 2.35 bits per heavy atom. The molecule has 2 atom stereocenters.